The minimum Gasteiger partial charge on any atom is -0.399 e. The first-order chi connectivity index (χ1) is 10.1. The maximum atomic E-state index is 12.3. The van der Waals surface area contributed by atoms with E-state index in [4.69, 9.17) is 5.73 Å². The van der Waals surface area contributed by atoms with Gasteiger partial charge in [-0.1, -0.05) is 25.1 Å². The molecule has 1 aliphatic rings. The second-order valence-corrected chi connectivity index (χ2v) is 5.87. The molecule has 1 amide bonds. The maximum absolute atomic E-state index is 12.3. The summed E-state index contributed by atoms with van der Waals surface area (Å²) < 4.78 is 0. The first kappa shape index (κ1) is 22.0. The van der Waals surface area contributed by atoms with Gasteiger partial charge in [0.2, 0.25) is 5.91 Å². The van der Waals surface area contributed by atoms with Crippen molar-refractivity contribution < 1.29 is 4.79 Å². The lowest BCUT2D eigenvalue weighted by molar-refractivity contribution is -0.132. The van der Waals surface area contributed by atoms with Crippen LogP contribution in [0.4, 0.5) is 5.69 Å². The zero-order valence-electron chi connectivity index (χ0n) is 14.0. The standard InChI is InChI=1S/C17H27N3O.2ClH/c1-3-20-12-10-15(11-13-20)19(2)17(21)9-8-14-6-4-5-7-16(14)18;;/h4-7,15H,3,8-13,18H2,1-2H3;2*1H. The van der Waals surface area contributed by atoms with E-state index in [9.17, 15) is 4.79 Å². The van der Waals surface area contributed by atoms with Crippen molar-refractivity contribution in [2.75, 3.05) is 32.4 Å². The Morgan fingerprint density at radius 1 is 1.26 bits per heavy atom. The van der Waals surface area contributed by atoms with Gasteiger partial charge in [0.05, 0.1) is 0 Å². The van der Waals surface area contributed by atoms with Gasteiger partial charge < -0.3 is 15.5 Å². The highest BCUT2D eigenvalue weighted by Crippen LogP contribution is 2.18. The number of likely N-dealkylation sites (tertiary alicyclic amines) is 1. The van der Waals surface area contributed by atoms with Gasteiger partial charge in [0, 0.05) is 38.3 Å². The molecule has 1 aliphatic heterocycles. The van der Waals surface area contributed by atoms with Crippen LogP contribution in [0.2, 0.25) is 0 Å². The fraction of sp³-hybridized carbons (Fsp3) is 0.588. The number of aryl methyl sites for hydroxylation is 1. The molecule has 0 bridgehead atoms. The van der Waals surface area contributed by atoms with Gasteiger partial charge in [-0.3, -0.25) is 4.79 Å². The van der Waals surface area contributed by atoms with Gasteiger partial charge >= 0.3 is 0 Å². The van der Waals surface area contributed by atoms with E-state index in [1.165, 1.54) is 0 Å². The number of rotatable bonds is 5. The molecule has 1 saturated heterocycles. The molecule has 132 valence electrons. The van der Waals surface area contributed by atoms with Crippen molar-refractivity contribution in [2.24, 2.45) is 0 Å². The van der Waals surface area contributed by atoms with Gasteiger partial charge in [-0.25, -0.2) is 0 Å². The summed E-state index contributed by atoms with van der Waals surface area (Å²) in [7, 11) is 1.95. The van der Waals surface area contributed by atoms with Gasteiger partial charge in [-0.2, -0.15) is 0 Å². The fourth-order valence-electron chi connectivity index (χ4n) is 3.01. The number of hydrogen-bond donors (Lipinski definition) is 1. The first-order valence-electron chi connectivity index (χ1n) is 7.93. The van der Waals surface area contributed by atoms with Crippen molar-refractivity contribution in [3.05, 3.63) is 29.8 Å². The average molecular weight is 362 g/mol. The van der Waals surface area contributed by atoms with Crippen LogP contribution in [0.3, 0.4) is 0 Å². The van der Waals surface area contributed by atoms with Crippen LogP contribution in [0.15, 0.2) is 24.3 Å². The number of carbonyl (C=O) groups is 1. The molecule has 0 saturated carbocycles. The predicted molar refractivity (Wildman–Crippen MR) is 102 cm³/mol. The van der Waals surface area contributed by atoms with Gasteiger partial charge in [-0.05, 0) is 37.4 Å². The van der Waals surface area contributed by atoms with Crippen LogP contribution in [0.5, 0.6) is 0 Å². The molecule has 0 aliphatic carbocycles. The van der Waals surface area contributed by atoms with Crippen LogP contribution in [0.25, 0.3) is 0 Å². The van der Waals surface area contributed by atoms with Crippen LogP contribution in [0.1, 0.15) is 31.7 Å². The van der Waals surface area contributed by atoms with Crippen LogP contribution in [-0.2, 0) is 11.2 Å². The van der Waals surface area contributed by atoms with E-state index in [0.29, 0.717) is 12.5 Å². The van der Waals surface area contributed by atoms with Crippen molar-refractivity contribution in [1.29, 1.82) is 0 Å². The Bertz CT molecular complexity index is 477. The Hall–Kier alpha value is -0.970. The van der Waals surface area contributed by atoms with Gasteiger partial charge in [0.15, 0.2) is 0 Å². The summed E-state index contributed by atoms with van der Waals surface area (Å²) in [6.45, 7) is 5.51. The molecule has 1 fully saturated rings. The van der Waals surface area contributed by atoms with Crippen LogP contribution >= 0.6 is 24.8 Å². The third-order valence-electron chi connectivity index (χ3n) is 4.61. The number of piperidine rings is 1. The van der Waals surface area contributed by atoms with Crippen molar-refractivity contribution in [3.63, 3.8) is 0 Å². The molecular formula is C17H29Cl2N3O. The molecule has 0 unspecified atom stereocenters. The molecule has 6 heteroatoms. The minimum atomic E-state index is 0. The summed E-state index contributed by atoms with van der Waals surface area (Å²) in [5.41, 5.74) is 7.78. The molecule has 0 aromatic heterocycles. The van der Waals surface area contributed by atoms with E-state index in [0.717, 1.165) is 50.1 Å². The fourth-order valence-corrected chi connectivity index (χ4v) is 3.01. The third-order valence-corrected chi connectivity index (χ3v) is 4.61. The summed E-state index contributed by atoms with van der Waals surface area (Å²) in [4.78, 5) is 16.7. The summed E-state index contributed by atoms with van der Waals surface area (Å²) >= 11 is 0. The summed E-state index contributed by atoms with van der Waals surface area (Å²) in [6.07, 6.45) is 3.44. The second-order valence-electron chi connectivity index (χ2n) is 5.87. The zero-order chi connectivity index (χ0) is 15.2. The molecular weight excluding hydrogens is 333 g/mol. The highest BCUT2D eigenvalue weighted by Gasteiger charge is 2.24. The summed E-state index contributed by atoms with van der Waals surface area (Å²) in [5.74, 6) is 0.230. The Kier molecular flexibility index (Phi) is 10.3. The number of amides is 1. The zero-order valence-corrected chi connectivity index (χ0v) is 15.7. The Morgan fingerprint density at radius 2 is 1.87 bits per heavy atom. The highest BCUT2D eigenvalue weighted by atomic mass is 35.5. The molecule has 4 nitrogen and oxygen atoms in total. The van der Waals surface area contributed by atoms with Gasteiger partial charge in [0.25, 0.3) is 0 Å². The molecule has 23 heavy (non-hydrogen) atoms. The molecule has 1 heterocycles. The Labute approximate surface area is 152 Å². The highest BCUT2D eigenvalue weighted by molar-refractivity contribution is 5.85. The molecule has 2 N–H and O–H groups in total. The predicted octanol–water partition coefficient (Wildman–Crippen LogP) is 2.99. The molecule has 0 spiro atoms. The minimum absolute atomic E-state index is 0. The molecule has 2 rings (SSSR count). The van der Waals surface area contributed by atoms with Crippen LogP contribution in [0, 0.1) is 0 Å². The lowest BCUT2D eigenvalue weighted by Crippen LogP contribution is -2.45. The van der Waals surface area contributed by atoms with Crippen LogP contribution < -0.4 is 5.73 Å². The van der Waals surface area contributed by atoms with E-state index in [1.54, 1.807) is 0 Å². The van der Waals surface area contributed by atoms with E-state index in [2.05, 4.69) is 11.8 Å². The van der Waals surface area contributed by atoms with E-state index in [-0.39, 0.29) is 30.7 Å². The second kappa shape index (κ2) is 10.7. The molecule has 1 aromatic carbocycles. The van der Waals surface area contributed by atoms with Crippen molar-refractivity contribution in [2.45, 2.75) is 38.6 Å². The normalized spacial score (nSPS) is 15.4. The lowest BCUT2D eigenvalue weighted by atomic mass is 10.0. The molecule has 1 aromatic rings. The van der Waals surface area contributed by atoms with Gasteiger partial charge in [0.1, 0.15) is 0 Å². The van der Waals surface area contributed by atoms with Crippen LogP contribution in [-0.4, -0.2) is 48.4 Å². The molecule has 0 atom stereocenters. The number of anilines is 1. The number of para-hydroxylation sites is 1. The lowest BCUT2D eigenvalue weighted by Gasteiger charge is -2.36. The number of carbonyl (C=O) groups excluding carboxylic acids is 1. The van der Waals surface area contributed by atoms with Gasteiger partial charge in [-0.15, -0.1) is 24.8 Å². The number of benzene rings is 1. The Balaban J connectivity index is 0.00000242. The first-order valence-corrected chi connectivity index (χ1v) is 7.93. The van der Waals surface area contributed by atoms with E-state index in [1.807, 2.05) is 36.2 Å². The van der Waals surface area contributed by atoms with E-state index >= 15 is 0 Å². The summed E-state index contributed by atoms with van der Waals surface area (Å²) in [5, 5.41) is 0. The average Bonchev–Trinajstić information content (AvgIpc) is 2.53. The maximum Gasteiger partial charge on any atom is 0.222 e. The smallest absolute Gasteiger partial charge is 0.222 e. The number of nitrogens with zero attached hydrogens (tertiary/aromatic N) is 2. The summed E-state index contributed by atoms with van der Waals surface area (Å²) in [6, 6.07) is 8.19. The van der Waals surface area contributed by atoms with Crippen molar-refractivity contribution in [3.8, 4) is 0 Å². The van der Waals surface area contributed by atoms with Crippen molar-refractivity contribution >= 4 is 36.4 Å². The third kappa shape index (κ3) is 6.21. The monoisotopic (exact) mass is 361 g/mol. The number of nitrogen functional groups attached to an aromatic ring is 1. The van der Waals surface area contributed by atoms with Crippen molar-refractivity contribution in [1.82, 2.24) is 9.80 Å². The topological polar surface area (TPSA) is 49.6 Å². The molecule has 0 radical (unpaired) electrons. The number of nitrogens with two attached hydrogens (primary N) is 1. The largest absolute Gasteiger partial charge is 0.399 e. The number of hydrogen-bond acceptors (Lipinski definition) is 3. The SMILES string of the molecule is CCN1CCC(N(C)C(=O)CCc2ccccc2N)CC1.Cl.Cl. The quantitative estimate of drug-likeness (QED) is 0.820. The Morgan fingerprint density at radius 3 is 2.43 bits per heavy atom. The number of halogens is 2. The van der Waals surface area contributed by atoms with E-state index < -0.39 is 0 Å².